The highest BCUT2D eigenvalue weighted by atomic mass is 16.5. The molecule has 0 aliphatic heterocycles. The molecule has 1 saturated carbocycles. The molecule has 0 saturated heterocycles. The first-order chi connectivity index (χ1) is 9.99. The van der Waals surface area contributed by atoms with Crippen LogP contribution in [0.15, 0.2) is 10.9 Å². The minimum absolute atomic E-state index is 0.0557. The van der Waals surface area contributed by atoms with Gasteiger partial charge in [0.2, 0.25) is 0 Å². The van der Waals surface area contributed by atoms with Gasteiger partial charge in [-0.3, -0.25) is 4.79 Å². The van der Waals surface area contributed by atoms with Crippen LogP contribution in [0.2, 0.25) is 0 Å². The van der Waals surface area contributed by atoms with E-state index in [4.69, 9.17) is 9.47 Å². The molecule has 0 N–H and O–H groups in total. The molecule has 1 aromatic rings. The molecular weight excluding hydrogens is 270 g/mol. The van der Waals surface area contributed by atoms with Crippen LogP contribution >= 0.6 is 0 Å². The number of aromatic nitrogens is 1. The monoisotopic (exact) mass is 293 g/mol. The standard InChI is InChI=1S/C16H23NO4/c1-5-21-16(19)15-10(2)8-14(18)17(11(15)3)12-6-7-13(9-12)20-4/h8,12-13H,5-7,9H2,1-4H3. The average Bonchev–Trinajstić information content (AvgIpc) is 2.87. The van der Waals surface area contributed by atoms with Crippen LogP contribution in [-0.2, 0) is 9.47 Å². The second-order valence-electron chi connectivity index (χ2n) is 5.54. The van der Waals surface area contributed by atoms with Crippen molar-refractivity contribution in [3.8, 4) is 0 Å². The molecule has 1 aliphatic rings. The predicted molar refractivity (Wildman–Crippen MR) is 79.8 cm³/mol. The summed E-state index contributed by atoms with van der Waals surface area (Å²) in [6.45, 7) is 5.70. The first-order valence-corrected chi connectivity index (χ1v) is 7.42. The Morgan fingerprint density at radius 3 is 2.67 bits per heavy atom. The van der Waals surface area contributed by atoms with E-state index in [1.807, 2.05) is 6.92 Å². The van der Waals surface area contributed by atoms with E-state index in [0.29, 0.717) is 23.4 Å². The van der Waals surface area contributed by atoms with Crippen LogP contribution in [0, 0.1) is 13.8 Å². The Labute approximate surface area is 124 Å². The van der Waals surface area contributed by atoms with Gasteiger partial charge in [0.15, 0.2) is 0 Å². The van der Waals surface area contributed by atoms with E-state index in [2.05, 4.69) is 0 Å². The average molecular weight is 293 g/mol. The number of ether oxygens (including phenoxy) is 2. The van der Waals surface area contributed by atoms with Crippen LogP contribution in [0.4, 0.5) is 0 Å². The Bertz CT molecular complexity index is 591. The number of esters is 1. The van der Waals surface area contributed by atoms with Crippen molar-refractivity contribution in [2.75, 3.05) is 13.7 Å². The second kappa shape index (κ2) is 6.43. The molecule has 5 nitrogen and oxygen atoms in total. The van der Waals surface area contributed by atoms with Gasteiger partial charge in [-0.15, -0.1) is 0 Å². The fourth-order valence-corrected chi connectivity index (χ4v) is 3.23. The van der Waals surface area contributed by atoms with Gasteiger partial charge in [0.05, 0.1) is 18.3 Å². The van der Waals surface area contributed by atoms with E-state index in [1.54, 1.807) is 25.5 Å². The lowest BCUT2D eigenvalue weighted by Crippen LogP contribution is -2.29. The third kappa shape index (κ3) is 3.02. The maximum absolute atomic E-state index is 12.3. The van der Waals surface area contributed by atoms with Gasteiger partial charge in [0, 0.05) is 24.9 Å². The molecule has 1 aliphatic carbocycles. The van der Waals surface area contributed by atoms with E-state index in [1.165, 1.54) is 6.07 Å². The number of carbonyl (C=O) groups excluding carboxylic acids is 1. The lowest BCUT2D eigenvalue weighted by molar-refractivity contribution is 0.0523. The molecule has 21 heavy (non-hydrogen) atoms. The van der Waals surface area contributed by atoms with Crippen LogP contribution in [0.5, 0.6) is 0 Å². The molecule has 0 spiro atoms. The van der Waals surface area contributed by atoms with E-state index in [-0.39, 0.29) is 23.7 Å². The van der Waals surface area contributed by atoms with Gasteiger partial charge < -0.3 is 14.0 Å². The maximum atomic E-state index is 12.3. The van der Waals surface area contributed by atoms with E-state index < -0.39 is 0 Å². The lowest BCUT2D eigenvalue weighted by Gasteiger charge is -2.20. The fraction of sp³-hybridized carbons (Fsp3) is 0.625. The van der Waals surface area contributed by atoms with Gasteiger partial charge in [-0.25, -0.2) is 4.79 Å². The molecule has 0 radical (unpaired) electrons. The number of hydrogen-bond donors (Lipinski definition) is 0. The summed E-state index contributed by atoms with van der Waals surface area (Å²) in [6, 6.07) is 1.62. The first-order valence-electron chi connectivity index (χ1n) is 7.42. The molecular formula is C16H23NO4. The summed E-state index contributed by atoms with van der Waals surface area (Å²) in [5.41, 5.74) is 1.82. The minimum Gasteiger partial charge on any atom is -0.462 e. The van der Waals surface area contributed by atoms with Crippen molar-refractivity contribution >= 4 is 5.97 Å². The van der Waals surface area contributed by atoms with Crippen molar-refractivity contribution in [3.63, 3.8) is 0 Å². The molecule has 2 rings (SSSR count). The van der Waals surface area contributed by atoms with Gasteiger partial charge in [0.25, 0.3) is 5.56 Å². The molecule has 0 amide bonds. The fourth-order valence-electron chi connectivity index (χ4n) is 3.23. The third-order valence-electron chi connectivity index (χ3n) is 4.23. The normalized spacial score (nSPS) is 21.5. The van der Waals surface area contributed by atoms with Gasteiger partial charge in [-0.2, -0.15) is 0 Å². The molecule has 1 aromatic heterocycles. The van der Waals surface area contributed by atoms with Crippen molar-refractivity contribution in [1.29, 1.82) is 0 Å². The van der Waals surface area contributed by atoms with Crippen LogP contribution in [0.25, 0.3) is 0 Å². The van der Waals surface area contributed by atoms with E-state index in [9.17, 15) is 9.59 Å². The summed E-state index contributed by atoms with van der Waals surface area (Å²) in [6.07, 6.45) is 2.83. The van der Waals surface area contributed by atoms with E-state index in [0.717, 1.165) is 19.3 Å². The number of pyridine rings is 1. The van der Waals surface area contributed by atoms with Crippen molar-refractivity contribution in [3.05, 3.63) is 33.2 Å². The highest BCUT2D eigenvalue weighted by molar-refractivity contribution is 5.92. The number of hydrogen-bond acceptors (Lipinski definition) is 4. The van der Waals surface area contributed by atoms with Crippen molar-refractivity contribution < 1.29 is 14.3 Å². The Morgan fingerprint density at radius 1 is 1.38 bits per heavy atom. The summed E-state index contributed by atoms with van der Waals surface area (Å²) in [4.78, 5) is 24.5. The van der Waals surface area contributed by atoms with Crippen molar-refractivity contribution in [1.82, 2.24) is 4.57 Å². The molecule has 0 bridgehead atoms. The zero-order valence-corrected chi connectivity index (χ0v) is 13.1. The van der Waals surface area contributed by atoms with Crippen molar-refractivity contribution in [2.24, 2.45) is 0 Å². The SMILES string of the molecule is CCOC(=O)c1c(C)cc(=O)n(C2CCC(OC)C2)c1C. The van der Waals surface area contributed by atoms with E-state index >= 15 is 0 Å². The van der Waals surface area contributed by atoms with Gasteiger partial charge >= 0.3 is 5.97 Å². The molecule has 2 unspecified atom stereocenters. The number of methoxy groups -OCH3 is 1. The summed E-state index contributed by atoms with van der Waals surface area (Å²) in [7, 11) is 1.70. The van der Waals surface area contributed by atoms with Crippen molar-refractivity contribution in [2.45, 2.75) is 52.2 Å². The van der Waals surface area contributed by atoms with Gasteiger partial charge in [0.1, 0.15) is 0 Å². The maximum Gasteiger partial charge on any atom is 0.340 e. The molecule has 1 fully saturated rings. The topological polar surface area (TPSA) is 57.5 Å². The Balaban J connectivity index is 2.45. The summed E-state index contributed by atoms with van der Waals surface area (Å²) < 4.78 is 12.2. The zero-order valence-electron chi connectivity index (χ0n) is 13.1. The Morgan fingerprint density at radius 2 is 2.10 bits per heavy atom. The van der Waals surface area contributed by atoms with Gasteiger partial charge in [-0.05, 0) is 45.6 Å². The zero-order chi connectivity index (χ0) is 15.6. The molecule has 5 heteroatoms. The number of rotatable bonds is 4. The Hall–Kier alpha value is -1.62. The molecule has 1 heterocycles. The second-order valence-corrected chi connectivity index (χ2v) is 5.54. The molecule has 116 valence electrons. The smallest absolute Gasteiger partial charge is 0.340 e. The number of aryl methyl sites for hydroxylation is 1. The third-order valence-corrected chi connectivity index (χ3v) is 4.23. The highest BCUT2D eigenvalue weighted by Gasteiger charge is 2.29. The van der Waals surface area contributed by atoms with Crippen LogP contribution < -0.4 is 5.56 Å². The van der Waals surface area contributed by atoms with Gasteiger partial charge in [-0.1, -0.05) is 0 Å². The Kier molecular flexibility index (Phi) is 4.83. The summed E-state index contributed by atoms with van der Waals surface area (Å²) in [5, 5.41) is 0. The van der Waals surface area contributed by atoms with Crippen LogP contribution in [0.1, 0.15) is 53.8 Å². The molecule has 2 atom stereocenters. The quantitative estimate of drug-likeness (QED) is 0.800. The lowest BCUT2D eigenvalue weighted by atomic mass is 10.1. The summed E-state index contributed by atoms with van der Waals surface area (Å²) in [5.74, 6) is -0.359. The van der Waals surface area contributed by atoms with Crippen LogP contribution in [-0.4, -0.2) is 30.4 Å². The predicted octanol–water partition coefficient (Wildman–Crippen LogP) is 2.38. The highest BCUT2D eigenvalue weighted by Crippen LogP contribution is 2.32. The number of carbonyl (C=O) groups is 1. The molecule has 0 aromatic carbocycles. The minimum atomic E-state index is -0.359. The largest absolute Gasteiger partial charge is 0.462 e. The first kappa shape index (κ1) is 15.8. The van der Waals surface area contributed by atoms with Crippen LogP contribution in [0.3, 0.4) is 0 Å². The summed E-state index contributed by atoms with van der Waals surface area (Å²) >= 11 is 0. The number of nitrogens with zero attached hydrogens (tertiary/aromatic N) is 1.